The second-order valence-electron chi connectivity index (χ2n) is 4.45. The van der Waals surface area contributed by atoms with Gasteiger partial charge < -0.3 is 5.32 Å². The van der Waals surface area contributed by atoms with Gasteiger partial charge in [0.1, 0.15) is 5.82 Å². The maximum absolute atomic E-state index is 5.37. The normalized spacial score (nSPS) is 10.7. The van der Waals surface area contributed by atoms with Crippen molar-refractivity contribution in [3.05, 3.63) is 41.6 Å². The van der Waals surface area contributed by atoms with Crippen LogP contribution < -0.4 is 16.6 Å². The highest BCUT2D eigenvalue weighted by Crippen LogP contribution is 2.20. The van der Waals surface area contributed by atoms with Gasteiger partial charge in [0.05, 0.1) is 11.6 Å². The average Bonchev–Trinajstić information content (AvgIpc) is 2.94. The Labute approximate surface area is 115 Å². The minimum Gasteiger partial charge on any atom is -0.365 e. The maximum Gasteiger partial charge on any atom is 0.241 e. The van der Waals surface area contributed by atoms with Crippen LogP contribution in [0, 0.1) is 6.92 Å². The molecule has 0 saturated carbocycles. The van der Waals surface area contributed by atoms with E-state index >= 15 is 0 Å². The number of aryl methyl sites for hydroxylation is 1. The molecule has 0 radical (unpaired) electrons. The van der Waals surface area contributed by atoms with Crippen LogP contribution in [0.5, 0.6) is 0 Å². The molecule has 0 aliphatic carbocycles. The molecular formula is C13H15N7. The summed E-state index contributed by atoms with van der Waals surface area (Å²) in [7, 11) is 0. The number of hydrogen-bond donors (Lipinski definition) is 4. The van der Waals surface area contributed by atoms with E-state index in [1.54, 1.807) is 6.20 Å². The van der Waals surface area contributed by atoms with Crippen LogP contribution in [-0.2, 0) is 6.54 Å². The molecule has 102 valence electrons. The fraction of sp³-hybridized carbons (Fsp3) is 0.154. The molecule has 0 amide bonds. The molecule has 7 heteroatoms. The summed E-state index contributed by atoms with van der Waals surface area (Å²) >= 11 is 0. The van der Waals surface area contributed by atoms with Gasteiger partial charge in [0.25, 0.3) is 0 Å². The third-order valence-electron chi connectivity index (χ3n) is 3.15. The van der Waals surface area contributed by atoms with Crippen molar-refractivity contribution in [1.82, 2.24) is 20.2 Å². The van der Waals surface area contributed by atoms with Crippen molar-refractivity contribution in [2.75, 3.05) is 10.7 Å². The Bertz CT molecular complexity index is 734. The van der Waals surface area contributed by atoms with Crippen molar-refractivity contribution in [3.63, 3.8) is 0 Å². The van der Waals surface area contributed by atoms with E-state index in [-0.39, 0.29) is 0 Å². The molecule has 0 bridgehead atoms. The first-order valence-electron chi connectivity index (χ1n) is 6.24. The van der Waals surface area contributed by atoms with Crippen LogP contribution in [0.25, 0.3) is 11.0 Å². The van der Waals surface area contributed by atoms with E-state index in [2.05, 4.69) is 50.0 Å². The molecular weight excluding hydrogens is 254 g/mol. The molecule has 0 atom stereocenters. The number of benzene rings is 1. The Morgan fingerprint density at radius 1 is 1.25 bits per heavy atom. The molecule has 1 aromatic carbocycles. The van der Waals surface area contributed by atoms with Crippen molar-refractivity contribution in [3.8, 4) is 0 Å². The topological polar surface area (TPSA) is 105 Å². The molecule has 3 rings (SSSR count). The number of hydrogen-bond acceptors (Lipinski definition) is 6. The van der Waals surface area contributed by atoms with Gasteiger partial charge in [0.2, 0.25) is 5.95 Å². The number of nitrogens with zero attached hydrogens (tertiary/aromatic N) is 3. The molecule has 5 N–H and O–H groups in total. The lowest BCUT2D eigenvalue weighted by atomic mass is 10.1. The van der Waals surface area contributed by atoms with Crippen LogP contribution in [-0.4, -0.2) is 20.2 Å². The number of anilines is 2. The lowest BCUT2D eigenvalue weighted by Crippen LogP contribution is -2.12. The highest BCUT2D eigenvalue weighted by molar-refractivity contribution is 5.86. The molecule has 0 saturated heterocycles. The third kappa shape index (κ3) is 2.26. The fourth-order valence-corrected chi connectivity index (χ4v) is 2.02. The van der Waals surface area contributed by atoms with Crippen LogP contribution in [0.15, 0.2) is 30.5 Å². The van der Waals surface area contributed by atoms with E-state index in [9.17, 15) is 0 Å². The first-order chi connectivity index (χ1) is 9.78. The number of aromatic nitrogens is 4. The zero-order chi connectivity index (χ0) is 13.9. The van der Waals surface area contributed by atoms with Gasteiger partial charge in [-0.3, -0.25) is 10.5 Å². The van der Waals surface area contributed by atoms with Crippen LogP contribution in [0.1, 0.15) is 11.1 Å². The van der Waals surface area contributed by atoms with Crippen molar-refractivity contribution in [2.24, 2.45) is 5.84 Å². The number of rotatable bonds is 4. The number of aromatic amines is 1. The van der Waals surface area contributed by atoms with E-state index in [0.717, 1.165) is 5.39 Å². The summed E-state index contributed by atoms with van der Waals surface area (Å²) in [6.07, 6.45) is 1.69. The van der Waals surface area contributed by atoms with Gasteiger partial charge in [-0.1, -0.05) is 24.3 Å². The zero-order valence-corrected chi connectivity index (χ0v) is 11.0. The molecule has 0 aliphatic rings. The summed E-state index contributed by atoms with van der Waals surface area (Å²) < 4.78 is 0. The smallest absolute Gasteiger partial charge is 0.241 e. The van der Waals surface area contributed by atoms with Gasteiger partial charge in [-0.2, -0.15) is 15.1 Å². The van der Waals surface area contributed by atoms with Crippen molar-refractivity contribution < 1.29 is 0 Å². The second kappa shape index (κ2) is 5.14. The SMILES string of the molecule is Cc1ccccc1CNc1nc(NN)nc2[nH]ncc12. The van der Waals surface area contributed by atoms with Crippen molar-refractivity contribution in [1.29, 1.82) is 0 Å². The molecule has 0 spiro atoms. The molecule has 2 aromatic heterocycles. The highest BCUT2D eigenvalue weighted by atomic mass is 15.3. The average molecular weight is 269 g/mol. The Hall–Kier alpha value is -2.67. The number of H-pyrrole nitrogens is 1. The maximum atomic E-state index is 5.37. The minimum absolute atomic E-state index is 0.342. The summed E-state index contributed by atoms with van der Waals surface area (Å²) in [5, 5.41) is 10.9. The van der Waals surface area contributed by atoms with Gasteiger partial charge >= 0.3 is 0 Å². The largest absolute Gasteiger partial charge is 0.365 e. The zero-order valence-electron chi connectivity index (χ0n) is 11.0. The van der Waals surface area contributed by atoms with E-state index in [0.29, 0.717) is 24.0 Å². The first kappa shape index (κ1) is 12.4. The van der Waals surface area contributed by atoms with E-state index < -0.39 is 0 Å². The van der Waals surface area contributed by atoms with Gasteiger partial charge in [0.15, 0.2) is 5.65 Å². The van der Waals surface area contributed by atoms with Crippen LogP contribution in [0.2, 0.25) is 0 Å². The number of hydrazine groups is 1. The van der Waals surface area contributed by atoms with Gasteiger partial charge in [-0.05, 0) is 18.1 Å². The molecule has 0 unspecified atom stereocenters. The quantitative estimate of drug-likeness (QED) is 0.423. The molecule has 0 fully saturated rings. The Balaban J connectivity index is 1.90. The molecule has 2 heterocycles. The summed E-state index contributed by atoms with van der Waals surface area (Å²) in [4.78, 5) is 8.50. The Morgan fingerprint density at radius 2 is 2.10 bits per heavy atom. The summed E-state index contributed by atoms with van der Waals surface area (Å²) in [5.74, 6) is 6.41. The molecule has 3 aromatic rings. The Morgan fingerprint density at radius 3 is 2.90 bits per heavy atom. The van der Waals surface area contributed by atoms with Crippen molar-refractivity contribution >= 4 is 22.8 Å². The molecule has 0 aliphatic heterocycles. The van der Waals surface area contributed by atoms with Crippen LogP contribution >= 0.6 is 0 Å². The fourth-order valence-electron chi connectivity index (χ4n) is 2.02. The van der Waals surface area contributed by atoms with Gasteiger partial charge in [0, 0.05) is 6.54 Å². The monoisotopic (exact) mass is 269 g/mol. The summed E-state index contributed by atoms with van der Waals surface area (Å²) in [6, 6.07) is 8.20. The first-order valence-corrected chi connectivity index (χ1v) is 6.24. The van der Waals surface area contributed by atoms with E-state index in [4.69, 9.17) is 5.84 Å². The number of fused-ring (bicyclic) bond motifs is 1. The van der Waals surface area contributed by atoms with E-state index in [1.807, 2.05) is 12.1 Å². The lowest BCUT2D eigenvalue weighted by molar-refractivity contribution is 1.06. The number of nitrogen functional groups attached to an aromatic ring is 1. The number of nitrogens with two attached hydrogens (primary N) is 1. The number of nitrogens with one attached hydrogen (secondary N) is 3. The third-order valence-corrected chi connectivity index (χ3v) is 3.15. The van der Waals surface area contributed by atoms with Crippen molar-refractivity contribution in [2.45, 2.75) is 13.5 Å². The standard InChI is InChI=1S/C13H15N7/c1-8-4-2-3-5-9(8)6-15-11-10-7-16-20-12(10)18-13(17-11)19-14/h2-5,7H,6,14H2,1H3,(H3,15,16,17,18,19,20). The van der Waals surface area contributed by atoms with E-state index in [1.165, 1.54) is 11.1 Å². The highest BCUT2D eigenvalue weighted by Gasteiger charge is 2.09. The van der Waals surface area contributed by atoms with Gasteiger partial charge in [-0.15, -0.1) is 0 Å². The predicted octanol–water partition coefficient (Wildman–Crippen LogP) is 1.56. The Kier molecular flexibility index (Phi) is 3.18. The summed E-state index contributed by atoms with van der Waals surface area (Å²) in [6.45, 7) is 2.76. The predicted molar refractivity (Wildman–Crippen MR) is 78.0 cm³/mol. The minimum atomic E-state index is 0.342. The summed E-state index contributed by atoms with van der Waals surface area (Å²) in [5.41, 5.74) is 5.53. The second-order valence-corrected chi connectivity index (χ2v) is 4.45. The molecule has 7 nitrogen and oxygen atoms in total. The molecule has 20 heavy (non-hydrogen) atoms. The lowest BCUT2D eigenvalue weighted by Gasteiger charge is -2.10. The van der Waals surface area contributed by atoms with Crippen LogP contribution in [0.3, 0.4) is 0 Å². The van der Waals surface area contributed by atoms with Gasteiger partial charge in [-0.25, -0.2) is 5.84 Å². The van der Waals surface area contributed by atoms with Crippen LogP contribution in [0.4, 0.5) is 11.8 Å².